The van der Waals surface area contributed by atoms with E-state index in [-0.39, 0.29) is 0 Å². The number of rotatable bonds is 5. The van der Waals surface area contributed by atoms with Gasteiger partial charge in [-0.25, -0.2) is 9.97 Å². The van der Waals surface area contributed by atoms with Gasteiger partial charge in [0.15, 0.2) is 5.13 Å². The summed E-state index contributed by atoms with van der Waals surface area (Å²) in [5.74, 6) is 0.832. The predicted molar refractivity (Wildman–Crippen MR) is 120 cm³/mol. The molecule has 0 bridgehead atoms. The van der Waals surface area contributed by atoms with E-state index in [1.807, 2.05) is 24.4 Å². The molecule has 0 radical (unpaired) electrons. The van der Waals surface area contributed by atoms with Crippen LogP contribution < -0.4 is 5.32 Å². The van der Waals surface area contributed by atoms with Crippen molar-refractivity contribution in [3.63, 3.8) is 0 Å². The third kappa shape index (κ3) is 4.10. The third-order valence-corrected chi connectivity index (χ3v) is 6.37. The quantitative estimate of drug-likeness (QED) is 0.445. The summed E-state index contributed by atoms with van der Waals surface area (Å²) in [6, 6.07) is 12.3. The van der Waals surface area contributed by atoms with Crippen molar-refractivity contribution in [2.75, 3.05) is 18.4 Å². The van der Waals surface area contributed by atoms with Crippen molar-refractivity contribution in [2.45, 2.75) is 19.4 Å². The molecule has 7 heteroatoms. The lowest BCUT2D eigenvalue weighted by molar-refractivity contribution is 0.331. The van der Waals surface area contributed by atoms with E-state index in [1.54, 1.807) is 23.7 Å². The normalized spacial score (nSPS) is 14.5. The maximum absolute atomic E-state index is 6.30. The van der Waals surface area contributed by atoms with Crippen LogP contribution in [0.15, 0.2) is 55.0 Å². The molecular weight excluding hydrogens is 402 g/mol. The fourth-order valence-corrected chi connectivity index (χ4v) is 4.84. The Hall–Kier alpha value is -2.54. The molecule has 4 heterocycles. The largest absolute Gasteiger partial charge is 0.316 e. The monoisotopic (exact) mass is 421 g/mol. The molecule has 0 amide bonds. The first-order valence-corrected chi connectivity index (χ1v) is 10.9. The lowest BCUT2D eigenvalue weighted by atomic mass is 10.1. The molecule has 1 fully saturated rings. The molecule has 1 aliphatic rings. The van der Waals surface area contributed by atoms with E-state index in [0.717, 1.165) is 38.8 Å². The number of nitrogens with zero attached hydrogens (tertiary/aromatic N) is 4. The molecule has 29 heavy (non-hydrogen) atoms. The molecule has 3 aromatic heterocycles. The maximum atomic E-state index is 6.30. The van der Waals surface area contributed by atoms with Crippen molar-refractivity contribution < 1.29 is 0 Å². The van der Waals surface area contributed by atoms with Crippen LogP contribution in [0.1, 0.15) is 18.4 Å². The Morgan fingerprint density at radius 2 is 1.97 bits per heavy atom. The summed E-state index contributed by atoms with van der Waals surface area (Å²) < 4.78 is 1.10. The van der Waals surface area contributed by atoms with Crippen LogP contribution in [0.4, 0.5) is 10.9 Å². The third-order valence-electron chi connectivity index (χ3n) is 5.14. The summed E-state index contributed by atoms with van der Waals surface area (Å²) >= 11 is 7.91. The highest BCUT2D eigenvalue weighted by Crippen LogP contribution is 2.33. The summed E-state index contributed by atoms with van der Waals surface area (Å²) in [6.45, 7) is 3.35. The summed E-state index contributed by atoms with van der Waals surface area (Å²) in [7, 11) is 0. The van der Waals surface area contributed by atoms with Gasteiger partial charge in [-0.3, -0.25) is 9.88 Å². The molecule has 1 saturated heterocycles. The van der Waals surface area contributed by atoms with Crippen molar-refractivity contribution >= 4 is 44.1 Å². The SMILES string of the molecule is Clc1cnccc1-c1ccc2nc(Nc3cc(CN4CCCC4)ccn3)sc2c1. The first-order chi connectivity index (χ1) is 14.2. The summed E-state index contributed by atoms with van der Waals surface area (Å²) in [5.41, 5.74) is 4.27. The molecule has 0 aliphatic carbocycles. The Labute approximate surface area is 178 Å². The van der Waals surface area contributed by atoms with Crippen molar-refractivity contribution in [1.29, 1.82) is 0 Å². The van der Waals surface area contributed by atoms with Crippen molar-refractivity contribution in [2.24, 2.45) is 0 Å². The molecular formula is C22H20ClN5S. The van der Waals surface area contributed by atoms with Gasteiger partial charge in [0, 0.05) is 30.7 Å². The number of pyridine rings is 2. The van der Waals surface area contributed by atoms with Gasteiger partial charge < -0.3 is 5.32 Å². The molecule has 1 aromatic carbocycles. The molecule has 1 aliphatic heterocycles. The number of aromatic nitrogens is 3. The Morgan fingerprint density at radius 1 is 1.07 bits per heavy atom. The van der Waals surface area contributed by atoms with Crippen molar-refractivity contribution in [1.82, 2.24) is 19.9 Å². The van der Waals surface area contributed by atoms with Crippen LogP contribution in [0.5, 0.6) is 0 Å². The van der Waals surface area contributed by atoms with Crippen LogP contribution >= 0.6 is 22.9 Å². The number of hydrogen-bond donors (Lipinski definition) is 1. The number of hydrogen-bond acceptors (Lipinski definition) is 6. The minimum Gasteiger partial charge on any atom is -0.316 e. The number of thiazole rings is 1. The second kappa shape index (κ2) is 8.06. The Bertz CT molecular complexity index is 1150. The highest BCUT2D eigenvalue weighted by atomic mass is 35.5. The molecule has 0 atom stereocenters. The lowest BCUT2D eigenvalue weighted by Crippen LogP contribution is -2.18. The second-order valence-electron chi connectivity index (χ2n) is 7.21. The summed E-state index contributed by atoms with van der Waals surface area (Å²) in [6.07, 6.45) is 7.89. The molecule has 5 rings (SSSR count). The zero-order valence-corrected chi connectivity index (χ0v) is 17.4. The van der Waals surface area contributed by atoms with Crippen LogP contribution in [-0.4, -0.2) is 32.9 Å². The first-order valence-electron chi connectivity index (χ1n) is 9.69. The molecule has 146 valence electrons. The van der Waals surface area contributed by atoms with Crippen LogP contribution in [0.3, 0.4) is 0 Å². The van der Waals surface area contributed by atoms with Gasteiger partial charge in [-0.1, -0.05) is 29.0 Å². The van der Waals surface area contributed by atoms with Crippen LogP contribution in [0, 0.1) is 0 Å². The molecule has 0 saturated carbocycles. The summed E-state index contributed by atoms with van der Waals surface area (Å²) in [4.78, 5) is 15.7. The van der Waals surface area contributed by atoms with Gasteiger partial charge in [-0.2, -0.15) is 0 Å². The van der Waals surface area contributed by atoms with Crippen molar-refractivity contribution in [3.05, 3.63) is 65.6 Å². The topological polar surface area (TPSA) is 53.9 Å². The van der Waals surface area contributed by atoms with Crippen LogP contribution in [0.25, 0.3) is 21.3 Å². The zero-order valence-electron chi connectivity index (χ0n) is 15.8. The fourth-order valence-electron chi connectivity index (χ4n) is 3.70. The minimum atomic E-state index is 0.647. The maximum Gasteiger partial charge on any atom is 0.189 e. The van der Waals surface area contributed by atoms with E-state index in [4.69, 9.17) is 16.6 Å². The van der Waals surface area contributed by atoms with Gasteiger partial charge >= 0.3 is 0 Å². The average molecular weight is 422 g/mol. The fraction of sp³-hybridized carbons (Fsp3) is 0.227. The predicted octanol–water partition coefficient (Wildman–Crippen LogP) is 5.75. The average Bonchev–Trinajstić information content (AvgIpc) is 3.37. The smallest absolute Gasteiger partial charge is 0.189 e. The van der Waals surface area contributed by atoms with Gasteiger partial charge in [0.05, 0.1) is 15.2 Å². The summed E-state index contributed by atoms with van der Waals surface area (Å²) in [5, 5.41) is 4.85. The molecule has 1 N–H and O–H groups in total. The Balaban J connectivity index is 1.38. The first kappa shape index (κ1) is 18.5. The van der Waals surface area contributed by atoms with Crippen molar-refractivity contribution in [3.8, 4) is 11.1 Å². The van der Waals surface area contributed by atoms with Crippen LogP contribution in [-0.2, 0) is 6.54 Å². The number of nitrogens with one attached hydrogen (secondary N) is 1. The minimum absolute atomic E-state index is 0.647. The van der Waals surface area contributed by atoms with E-state index in [0.29, 0.717) is 5.02 Å². The Morgan fingerprint density at radius 3 is 2.83 bits per heavy atom. The highest BCUT2D eigenvalue weighted by molar-refractivity contribution is 7.22. The zero-order chi connectivity index (χ0) is 19.6. The van der Waals surface area contributed by atoms with Gasteiger partial charge in [0.1, 0.15) is 5.82 Å². The van der Waals surface area contributed by atoms with Gasteiger partial charge in [0.25, 0.3) is 0 Å². The van der Waals surface area contributed by atoms with Gasteiger partial charge in [-0.05, 0) is 67.4 Å². The van der Waals surface area contributed by atoms with E-state index >= 15 is 0 Å². The highest BCUT2D eigenvalue weighted by Gasteiger charge is 2.13. The molecule has 5 nitrogen and oxygen atoms in total. The molecule has 4 aromatic rings. The number of halogens is 1. The Kier molecular flexibility index (Phi) is 5.14. The number of likely N-dealkylation sites (tertiary alicyclic amines) is 1. The number of anilines is 2. The van der Waals surface area contributed by atoms with E-state index in [9.17, 15) is 0 Å². The number of fused-ring (bicyclic) bond motifs is 1. The van der Waals surface area contributed by atoms with Crippen LogP contribution in [0.2, 0.25) is 5.02 Å². The molecule has 0 spiro atoms. The van der Waals surface area contributed by atoms with Gasteiger partial charge in [0.2, 0.25) is 0 Å². The lowest BCUT2D eigenvalue weighted by Gasteiger charge is -2.14. The number of benzene rings is 1. The standard InChI is InChI=1S/C22H20ClN5S/c23-18-13-24-7-6-17(18)16-3-4-19-20(12-16)29-22(26-19)27-21-11-15(5-8-25-21)14-28-9-1-2-10-28/h3-8,11-13H,1-2,9-10,14H2,(H,25,26,27). The molecule has 0 unspecified atom stereocenters. The van der Waals surface area contributed by atoms with Gasteiger partial charge in [-0.15, -0.1) is 0 Å². The second-order valence-corrected chi connectivity index (χ2v) is 8.65. The van der Waals surface area contributed by atoms with E-state index < -0.39 is 0 Å². The van der Waals surface area contributed by atoms with E-state index in [1.165, 1.54) is 31.5 Å². The van der Waals surface area contributed by atoms with E-state index in [2.05, 4.69) is 38.4 Å².